The second-order valence-corrected chi connectivity index (χ2v) is 3.36. The molecule has 8 heteroatoms. The van der Waals surface area contributed by atoms with E-state index < -0.39 is 17.0 Å². The fourth-order valence-electron chi connectivity index (χ4n) is 1.04. The first-order valence-corrected chi connectivity index (χ1v) is 4.58. The van der Waals surface area contributed by atoms with Gasteiger partial charge in [-0.3, -0.25) is 10.1 Å². The highest BCUT2D eigenvalue weighted by Crippen LogP contribution is 2.30. The van der Waals surface area contributed by atoms with Crippen molar-refractivity contribution in [2.75, 3.05) is 0 Å². The average Bonchev–Trinajstić information content (AvgIpc) is 2.15. The van der Waals surface area contributed by atoms with Crippen LogP contribution in [0, 0.1) is 10.1 Å². The van der Waals surface area contributed by atoms with Gasteiger partial charge in [0.25, 0.3) is 6.43 Å². The molecule has 0 spiro atoms. The molecule has 0 unspecified atom stereocenters. The van der Waals surface area contributed by atoms with Crippen LogP contribution in [0.15, 0.2) is 10.7 Å². The minimum Gasteiger partial charge on any atom is -0.326 e. The molecule has 1 rings (SSSR count). The Morgan fingerprint density at radius 3 is 2.67 bits per heavy atom. The maximum atomic E-state index is 12.3. The Balaban J connectivity index is 3.37. The first-order chi connectivity index (χ1) is 6.97. The molecule has 0 fully saturated rings. The third-order valence-corrected chi connectivity index (χ3v) is 2.23. The second-order valence-electron chi connectivity index (χ2n) is 2.61. The van der Waals surface area contributed by atoms with Crippen molar-refractivity contribution in [2.45, 2.75) is 13.0 Å². The molecule has 1 aromatic heterocycles. The lowest BCUT2D eigenvalue weighted by atomic mass is 10.2. The van der Waals surface area contributed by atoms with Crippen LogP contribution in [0.4, 0.5) is 14.5 Å². The molecule has 5 nitrogen and oxygen atoms in total. The van der Waals surface area contributed by atoms with Gasteiger partial charge in [0.2, 0.25) is 0 Å². The molecule has 0 aliphatic rings. The van der Waals surface area contributed by atoms with E-state index in [0.717, 1.165) is 6.07 Å². The van der Waals surface area contributed by atoms with Crippen molar-refractivity contribution in [1.29, 1.82) is 0 Å². The van der Waals surface area contributed by atoms with E-state index in [1.165, 1.54) is 0 Å². The van der Waals surface area contributed by atoms with Crippen molar-refractivity contribution < 1.29 is 13.7 Å². The molecule has 1 heterocycles. The van der Waals surface area contributed by atoms with Gasteiger partial charge in [-0.25, -0.2) is 13.8 Å². The maximum absolute atomic E-state index is 12.3. The molecule has 0 saturated carbocycles. The summed E-state index contributed by atoms with van der Waals surface area (Å²) in [6.45, 7) is -0.197. The predicted octanol–water partition coefficient (Wildman–Crippen LogP) is 2.15. The van der Waals surface area contributed by atoms with Crippen molar-refractivity contribution in [3.8, 4) is 0 Å². The highest BCUT2D eigenvalue weighted by molar-refractivity contribution is 9.10. The van der Waals surface area contributed by atoms with Crippen molar-refractivity contribution in [1.82, 2.24) is 4.98 Å². The van der Waals surface area contributed by atoms with Crippen LogP contribution in [-0.4, -0.2) is 9.91 Å². The van der Waals surface area contributed by atoms with E-state index in [1.807, 2.05) is 0 Å². The van der Waals surface area contributed by atoms with E-state index in [4.69, 9.17) is 5.73 Å². The summed E-state index contributed by atoms with van der Waals surface area (Å²) in [5.74, 6) is 0. The Morgan fingerprint density at radius 1 is 1.67 bits per heavy atom. The third kappa shape index (κ3) is 2.45. The second kappa shape index (κ2) is 4.58. The Hall–Kier alpha value is -1.15. The quantitative estimate of drug-likeness (QED) is 0.523. The van der Waals surface area contributed by atoms with Gasteiger partial charge in [0.1, 0.15) is 5.69 Å². The molecule has 82 valence electrons. The van der Waals surface area contributed by atoms with Crippen molar-refractivity contribution in [3.63, 3.8) is 0 Å². The molecule has 15 heavy (non-hydrogen) atoms. The van der Waals surface area contributed by atoms with Gasteiger partial charge in [0.05, 0.1) is 4.92 Å². The van der Waals surface area contributed by atoms with Gasteiger partial charge in [-0.05, 0) is 22.0 Å². The topological polar surface area (TPSA) is 82.0 Å². The first-order valence-electron chi connectivity index (χ1n) is 3.79. The molecule has 0 bridgehead atoms. The van der Waals surface area contributed by atoms with Gasteiger partial charge in [-0.2, -0.15) is 0 Å². The Bertz CT molecular complexity index is 400. The number of halogens is 3. The Kier molecular flexibility index (Phi) is 3.64. The van der Waals surface area contributed by atoms with Crippen molar-refractivity contribution in [3.05, 3.63) is 32.0 Å². The fourth-order valence-corrected chi connectivity index (χ4v) is 1.64. The van der Waals surface area contributed by atoms with Gasteiger partial charge in [0, 0.05) is 12.1 Å². The van der Waals surface area contributed by atoms with Crippen LogP contribution < -0.4 is 5.73 Å². The van der Waals surface area contributed by atoms with Crippen LogP contribution in [0.5, 0.6) is 0 Å². The van der Waals surface area contributed by atoms with Crippen molar-refractivity contribution in [2.24, 2.45) is 5.73 Å². The van der Waals surface area contributed by atoms with Crippen LogP contribution in [0.3, 0.4) is 0 Å². The number of nitrogens with two attached hydrogens (primary N) is 1. The number of hydrogen-bond acceptors (Lipinski definition) is 4. The number of pyridine rings is 1. The zero-order valence-electron chi connectivity index (χ0n) is 7.28. The maximum Gasteiger partial charge on any atom is 0.306 e. The summed E-state index contributed by atoms with van der Waals surface area (Å²) in [6.07, 6.45) is -2.78. The predicted molar refractivity (Wildman–Crippen MR) is 51.4 cm³/mol. The monoisotopic (exact) mass is 281 g/mol. The lowest BCUT2D eigenvalue weighted by Crippen LogP contribution is -2.06. The number of nitro groups is 1. The zero-order valence-corrected chi connectivity index (χ0v) is 8.87. The van der Waals surface area contributed by atoms with E-state index >= 15 is 0 Å². The fraction of sp³-hybridized carbons (Fsp3) is 0.286. The van der Waals surface area contributed by atoms with Crippen molar-refractivity contribution >= 4 is 21.6 Å². The van der Waals surface area contributed by atoms with Gasteiger partial charge < -0.3 is 5.73 Å². The summed E-state index contributed by atoms with van der Waals surface area (Å²) in [6, 6.07) is 0.938. The van der Waals surface area contributed by atoms with Gasteiger partial charge >= 0.3 is 5.69 Å². The van der Waals surface area contributed by atoms with Crippen LogP contribution in [0.1, 0.15) is 17.7 Å². The SMILES string of the molecule is NCc1cc(C(F)F)nc(Br)c1[N+](=O)[O-]. The zero-order chi connectivity index (χ0) is 11.6. The molecular formula is C7H6BrF2N3O2. The Labute approximate surface area is 91.6 Å². The lowest BCUT2D eigenvalue weighted by molar-refractivity contribution is -0.386. The van der Waals surface area contributed by atoms with E-state index in [2.05, 4.69) is 20.9 Å². The minimum absolute atomic E-state index is 0.0252. The summed E-state index contributed by atoms with van der Waals surface area (Å²) in [5, 5.41) is 10.6. The van der Waals surface area contributed by atoms with E-state index in [-0.39, 0.29) is 22.4 Å². The molecule has 0 aromatic carbocycles. The summed E-state index contributed by atoms with van der Waals surface area (Å²) in [4.78, 5) is 13.2. The molecule has 2 N–H and O–H groups in total. The van der Waals surface area contributed by atoms with Gasteiger partial charge in [0.15, 0.2) is 4.60 Å². The molecule has 0 aliphatic heterocycles. The highest BCUT2D eigenvalue weighted by Gasteiger charge is 2.22. The van der Waals surface area contributed by atoms with E-state index in [9.17, 15) is 18.9 Å². The molecule has 0 atom stereocenters. The largest absolute Gasteiger partial charge is 0.326 e. The van der Waals surface area contributed by atoms with Crippen LogP contribution in [-0.2, 0) is 6.54 Å². The normalized spacial score (nSPS) is 10.7. The molecule has 0 aliphatic carbocycles. The van der Waals surface area contributed by atoms with E-state index in [1.54, 1.807) is 0 Å². The number of alkyl halides is 2. The van der Waals surface area contributed by atoms with Gasteiger partial charge in [-0.15, -0.1) is 0 Å². The third-order valence-electron chi connectivity index (χ3n) is 1.68. The Morgan fingerprint density at radius 2 is 2.27 bits per heavy atom. The molecule has 0 radical (unpaired) electrons. The van der Waals surface area contributed by atoms with E-state index in [0.29, 0.717) is 0 Å². The summed E-state index contributed by atoms with van der Waals surface area (Å²) in [5.41, 5.74) is 4.35. The average molecular weight is 282 g/mol. The first kappa shape index (κ1) is 11.9. The highest BCUT2D eigenvalue weighted by atomic mass is 79.9. The number of nitrogens with zero attached hydrogens (tertiary/aromatic N) is 2. The van der Waals surface area contributed by atoms with Crippen LogP contribution >= 0.6 is 15.9 Å². The minimum atomic E-state index is -2.78. The standard InChI is InChI=1S/C7H6BrF2N3O2/c8-6-5(13(14)15)3(2-11)1-4(12-6)7(9)10/h1,7H,2,11H2. The number of aromatic nitrogens is 1. The number of hydrogen-bond donors (Lipinski definition) is 1. The van der Waals surface area contributed by atoms with Crippen LogP contribution in [0.25, 0.3) is 0 Å². The number of rotatable bonds is 3. The van der Waals surface area contributed by atoms with Gasteiger partial charge in [-0.1, -0.05) is 0 Å². The smallest absolute Gasteiger partial charge is 0.306 e. The summed E-state index contributed by atoms with van der Waals surface area (Å²) >= 11 is 2.77. The molecule has 0 amide bonds. The molecular weight excluding hydrogens is 276 g/mol. The summed E-state index contributed by atoms with van der Waals surface area (Å²) in [7, 11) is 0. The molecule has 0 saturated heterocycles. The lowest BCUT2D eigenvalue weighted by Gasteiger charge is -2.05. The molecule has 1 aromatic rings. The summed E-state index contributed by atoms with van der Waals surface area (Å²) < 4.78 is 24.4. The van der Waals surface area contributed by atoms with Crippen LogP contribution in [0.2, 0.25) is 0 Å².